The fourth-order valence-electron chi connectivity index (χ4n) is 1.85. The van der Waals surface area contributed by atoms with E-state index < -0.39 is 11.7 Å². The summed E-state index contributed by atoms with van der Waals surface area (Å²) in [5.74, 6) is 0.421. The van der Waals surface area contributed by atoms with Gasteiger partial charge in [-0.3, -0.25) is 4.99 Å². The van der Waals surface area contributed by atoms with Crippen LogP contribution >= 0.6 is 23.2 Å². The first-order chi connectivity index (χ1) is 10.3. The van der Waals surface area contributed by atoms with Gasteiger partial charge >= 0.3 is 6.18 Å². The number of amidine groups is 1. The van der Waals surface area contributed by atoms with E-state index in [0.29, 0.717) is 27.1 Å². The van der Waals surface area contributed by atoms with Crippen molar-refractivity contribution in [3.63, 3.8) is 0 Å². The first kappa shape index (κ1) is 16.6. The fraction of sp³-hybridized carbons (Fsp3) is 0.133. The average Bonchev–Trinajstić information content (AvgIpc) is 2.47. The Morgan fingerprint density at radius 1 is 1.05 bits per heavy atom. The Morgan fingerprint density at radius 3 is 2.36 bits per heavy atom. The fourth-order valence-corrected chi connectivity index (χ4v) is 2.15. The van der Waals surface area contributed by atoms with Crippen LogP contribution in [0.15, 0.2) is 42.5 Å². The minimum Gasteiger partial charge on any atom is -0.277 e. The zero-order valence-electron chi connectivity index (χ0n) is 11.4. The third-order valence-corrected chi connectivity index (χ3v) is 3.66. The van der Waals surface area contributed by atoms with Crippen molar-refractivity contribution in [1.29, 1.82) is 0 Å². The van der Waals surface area contributed by atoms with Crippen molar-refractivity contribution in [3.8, 4) is 0 Å². The summed E-state index contributed by atoms with van der Waals surface area (Å²) in [6.07, 6.45) is -4.39. The molecule has 0 fully saturated rings. The minimum absolute atomic E-state index is 0.353. The summed E-state index contributed by atoms with van der Waals surface area (Å²) in [5, 5.41) is 3.74. The largest absolute Gasteiger partial charge is 0.416 e. The van der Waals surface area contributed by atoms with Crippen molar-refractivity contribution in [3.05, 3.63) is 63.6 Å². The molecule has 2 nitrogen and oxygen atoms in total. The molecule has 2 aromatic rings. The minimum atomic E-state index is -4.39. The molecule has 0 unspecified atom stereocenters. The zero-order chi connectivity index (χ0) is 16.3. The smallest absolute Gasteiger partial charge is 0.277 e. The average molecular weight is 348 g/mol. The molecule has 0 atom stereocenters. The molecule has 0 bridgehead atoms. The third kappa shape index (κ3) is 3.93. The van der Waals surface area contributed by atoms with Crippen molar-refractivity contribution >= 4 is 34.7 Å². The van der Waals surface area contributed by atoms with Gasteiger partial charge in [-0.05, 0) is 30.3 Å². The van der Waals surface area contributed by atoms with E-state index in [-0.39, 0.29) is 0 Å². The molecule has 0 saturated heterocycles. The molecule has 22 heavy (non-hydrogen) atoms. The number of benzene rings is 2. The lowest BCUT2D eigenvalue weighted by Crippen LogP contribution is -2.70. The van der Waals surface area contributed by atoms with Crippen LogP contribution in [-0.2, 0) is 6.18 Å². The Bertz CT molecular complexity index is 712. The summed E-state index contributed by atoms with van der Waals surface area (Å²) < 4.78 is 38.3. The van der Waals surface area contributed by atoms with E-state index in [1.165, 1.54) is 6.07 Å². The maximum atomic E-state index is 12.8. The van der Waals surface area contributed by atoms with Crippen molar-refractivity contribution in [2.45, 2.75) is 6.18 Å². The molecule has 0 amide bonds. The Labute approximate surface area is 135 Å². The predicted molar refractivity (Wildman–Crippen MR) is 82.5 cm³/mol. The van der Waals surface area contributed by atoms with Crippen LogP contribution in [0.3, 0.4) is 0 Å². The molecular formula is C15H12Cl2F3N2+. The monoisotopic (exact) mass is 347 g/mol. The highest BCUT2D eigenvalue weighted by molar-refractivity contribution is 6.42. The Morgan fingerprint density at radius 2 is 1.77 bits per heavy atom. The van der Waals surface area contributed by atoms with E-state index in [1.54, 1.807) is 31.3 Å². The molecule has 0 heterocycles. The summed E-state index contributed by atoms with van der Waals surface area (Å²) in [4.78, 5) is 2.84. The van der Waals surface area contributed by atoms with Crippen LogP contribution in [0.1, 0.15) is 11.1 Å². The summed E-state index contributed by atoms with van der Waals surface area (Å²) >= 11 is 11.8. The van der Waals surface area contributed by atoms with E-state index in [1.807, 2.05) is 0 Å². The highest BCUT2D eigenvalue weighted by Crippen LogP contribution is 2.30. The highest BCUT2D eigenvalue weighted by Gasteiger charge is 2.31. The van der Waals surface area contributed by atoms with E-state index in [9.17, 15) is 13.2 Å². The summed E-state index contributed by atoms with van der Waals surface area (Å²) in [6.45, 7) is 0. The normalized spacial score (nSPS) is 12.4. The van der Waals surface area contributed by atoms with Gasteiger partial charge in [0, 0.05) is 6.07 Å². The van der Waals surface area contributed by atoms with Gasteiger partial charge in [0.25, 0.3) is 5.84 Å². The lowest BCUT2D eigenvalue weighted by Gasteiger charge is -2.08. The number of nitrogens with one attached hydrogen (secondary N) is 2. The summed E-state index contributed by atoms with van der Waals surface area (Å²) in [7, 11) is 1.61. The maximum Gasteiger partial charge on any atom is 0.416 e. The predicted octanol–water partition coefficient (Wildman–Crippen LogP) is 3.58. The van der Waals surface area contributed by atoms with Crippen LogP contribution in [0.5, 0.6) is 0 Å². The van der Waals surface area contributed by atoms with Crippen LogP contribution in [0.4, 0.5) is 18.9 Å². The van der Waals surface area contributed by atoms with Gasteiger partial charge in [-0.1, -0.05) is 29.3 Å². The van der Waals surface area contributed by atoms with Gasteiger partial charge < -0.3 is 0 Å². The molecule has 0 radical (unpaired) electrons. The first-order valence-corrected chi connectivity index (χ1v) is 7.01. The van der Waals surface area contributed by atoms with E-state index in [2.05, 4.69) is 10.3 Å². The standard InChI is InChI=1S/C15H11Cl2F3N2/c1-21-14(22-11-5-6-12(16)13(17)8-11)9-3-2-4-10(7-9)15(18,19)20/h2-8H,1H3,(H,21,22)/p+1. The molecule has 0 aliphatic carbocycles. The lowest BCUT2D eigenvalue weighted by atomic mass is 10.1. The molecule has 0 saturated carbocycles. The second kappa shape index (κ2) is 6.58. The quantitative estimate of drug-likeness (QED) is 0.630. The van der Waals surface area contributed by atoms with Gasteiger partial charge in [0.05, 0.1) is 28.2 Å². The molecule has 116 valence electrons. The van der Waals surface area contributed by atoms with Gasteiger partial charge in [-0.2, -0.15) is 13.2 Å². The number of hydrogen-bond acceptors (Lipinski definition) is 0. The Kier molecular flexibility index (Phi) is 4.98. The number of alkyl halides is 3. The molecule has 0 aliphatic heterocycles. The van der Waals surface area contributed by atoms with Crippen molar-refractivity contribution in [2.75, 3.05) is 12.4 Å². The molecular weight excluding hydrogens is 336 g/mol. The molecule has 0 spiro atoms. The van der Waals surface area contributed by atoms with Crippen molar-refractivity contribution in [2.24, 2.45) is 0 Å². The van der Waals surface area contributed by atoms with E-state index >= 15 is 0 Å². The molecule has 7 heteroatoms. The van der Waals surface area contributed by atoms with Gasteiger partial charge in [-0.15, -0.1) is 0 Å². The Balaban J connectivity index is 2.31. The molecule has 0 aliphatic rings. The topological polar surface area (TPSA) is 26.0 Å². The zero-order valence-corrected chi connectivity index (χ0v) is 12.9. The van der Waals surface area contributed by atoms with Crippen molar-refractivity contribution < 1.29 is 18.2 Å². The number of anilines is 1. The second-order valence-corrected chi connectivity index (χ2v) is 5.27. The van der Waals surface area contributed by atoms with E-state index in [4.69, 9.17) is 23.2 Å². The van der Waals surface area contributed by atoms with Crippen LogP contribution in [0.2, 0.25) is 10.0 Å². The number of rotatable bonds is 2. The van der Waals surface area contributed by atoms with Crippen LogP contribution < -0.4 is 10.3 Å². The maximum absolute atomic E-state index is 12.8. The van der Waals surface area contributed by atoms with Gasteiger partial charge in [0.1, 0.15) is 5.69 Å². The molecule has 2 N–H and O–H groups in total. The van der Waals surface area contributed by atoms with Crippen LogP contribution in [0, 0.1) is 0 Å². The molecule has 0 aromatic heterocycles. The van der Waals surface area contributed by atoms with Crippen LogP contribution in [-0.4, -0.2) is 12.9 Å². The van der Waals surface area contributed by atoms with Crippen molar-refractivity contribution in [1.82, 2.24) is 0 Å². The number of hydrogen-bond donors (Lipinski definition) is 2. The van der Waals surface area contributed by atoms with E-state index in [0.717, 1.165) is 12.1 Å². The Hall–Kier alpha value is -1.72. The summed E-state index contributed by atoms with van der Waals surface area (Å²) in [5.41, 5.74) is 0.272. The molecule has 2 aromatic carbocycles. The highest BCUT2D eigenvalue weighted by atomic mass is 35.5. The van der Waals surface area contributed by atoms with Gasteiger partial charge in [0.2, 0.25) is 0 Å². The van der Waals surface area contributed by atoms with Crippen LogP contribution in [0.25, 0.3) is 0 Å². The SMILES string of the molecule is C[NH+]=C(Nc1ccc(Cl)c(Cl)c1)c1cccc(C(F)(F)F)c1. The summed E-state index contributed by atoms with van der Waals surface area (Å²) in [6, 6.07) is 9.89. The lowest BCUT2D eigenvalue weighted by molar-refractivity contribution is -0.419. The second-order valence-electron chi connectivity index (χ2n) is 4.46. The third-order valence-electron chi connectivity index (χ3n) is 2.92. The number of halogens is 5. The van der Waals surface area contributed by atoms with Gasteiger partial charge in [-0.25, -0.2) is 5.32 Å². The molecule has 2 rings (SSSR count). The van der Waals surface area contributed by atoms with Gasteiger partial charge in [0.15, 0.2) is 0 Å². The first-order valence-electron chi connectivity index (χ1n) is 6.25.